The lowest BCUT2D eigenvalue weighted by molar-refractivity contribution is -0.870. The van der Waals surface area contributed by atoms with E-state index >= 15 is 0 Å². The molecule has 0 N–H and O–H groups in total. The fourth-order valence-electron chi connectivity index (χ4n) is 0.636. The molecule has 0 saturated carbocycles. The van der Waals surface area contributed by atoms with Crippen LogP contribution in [0.1, 0.15) is 6.92 Å². The van der Waals surface area contributed by atoms with E-state index in [1.165, 1.54) is 6.92 Å². The number of quaternary nitrogens is 1. The van der Waals surface area contributed by atoms with Crippen LogP contribution in [0.25, 0.3) is 0 Å². The molecule has 0 spiro atoms. The number of carbonyl (C=O) groups excluding carboxylic acids is 2. The fourth-order valence-corrected chi connectivity index (χ4v) is 0.636. The highest BCUT2D eigenvalue weighted by Crippen LogP contribution is 1.90. The van der Waals surface area contributed by atoms with Crippen LogP contribution in [-0.4, -0.2) is 57.3 Å². The highest BCUT2D eigenvalue weighted by Gasteiger charge is 2.09. The Bertz CT molecular complexity index is 207. The van der Waals surface area contributed by atoms with E-state index in [0.29, 0.717) is 6.61 Å². The average Bonchev–Trinajstić information content (AvgIpc) is 1.98. The van der Waals surface area contributed by atoms with Gasteiger partial charge < -0.3 is 14.0 Å². The molecule has 14 heavy (non-hydrogen) atoms. The number of carbonyl (C=O) groups is 2. The van der Waals surface area contributed by atoms with Crippen LogP contribution in [0, 0.1) is 0 Å². The molecule has 0 unspecified atom stereocenters. The van der Waals surface area contributed by atoms with Crippen molar-refractivity contribution < 1.29 is 23.5 Å². The van der Waals surface area contributed by atoms with Crippen molar-refractivity contribution in [3.05, 3.63) is 0 Å². The molecule has 0 aliphatic heterocycles. The third kappa shape index (κ3) is 8.99. The number of ether oxygens (including phenoxy) is 2. The van der Waals surface area contributed by atoms with E-state index < -0.39 is 11.9 Å². The molecule has 0 aliphatic rings. The number of hydrogen-bond acceptors (Lipinski definition) is 4. The quantitative estimate of drug-likeness (QED) is 0.459. The van der Waals surface area contributed by atoms with Crippen LogP contribution in [0.2, 0.25) is 0 Å². The van der Waals surface area contributed by atoms with Crippen LogP contribution in [0.15, 0.2) is 0 Å². The van der Waals surface area contributed by atoms with Gasteiger partial charge in [-0.15, -0.1) is 0 Å². The van der Waals surface area contributed by atoms with Crippen molar-refractivity contribution in [1.82, 2.24) is 0 Å². The monoisotopic (exact) mass is 204 g/mol. The topological polar surface area (TPSA) is 52.6 Å². The van der Waals surface area contributed by atoms with Gasteiger partial charge in [-0.2, -0.15) is 0 Å². The average molecular weight is 204 g/mol. The molecule has 0 saturated heterocycles. The number of rotatable bonds is 5. The maximum absolute atomic E-state index is 10.9. The van der Waals surface area contributed by atoms with Crippen molar-refractivity contribution in [2.45, 2.75) is 6.92 Å². The number of likely N-dealkylation sites (N-methyl/N-ethyl adjacent to an activating group) is 1. The predicted octanol–water partition coefficient (Wildman–Crippen LogP) is -0.201. The molecule has 0 rings (SSSR count). The van der Waals surface area contributed by atoms with Gasteiger partial charge in [0, 0.05) is 6.92 Å². The van der Waals surface area contributed by atoms with Gasteiger partial charge in [0.2, 0.25) is 0 Å². The summed E-state index contributed by atoms with van der Waals surface area (Å²) in [6.45, 7) is 2.02. The molecular formula is C9H18NO4+. The first kappa shape index (κ1) is 12.9. The van der Waals surface area contributed by atoms with E-state index in [-0.39, 0.29) is 6.61 Å². The Hall–Kier alpha value is -1.10. The summed E-state index contributed by atoms with van der Waals surface area (Å²) >= 11 is 0. The number of esters is 2. The summed E-state index contributed by atoms with van der Waals surface area (Å²) in [5, 5.41) is 0. The van der Waals surface area contributed by atoms with Crippen LogP contribution in [-0.2, 0) is 19.1 Å². The minimum absolute atomic E-state index is 0.299. The van der Waals surface area contributed by atoms with Crippen LogP contribution < -0.4 is 0 Å². The summed E-state index contributed by atoms with van der Waals surface area (Å²) in [5.74, 6) is -0.984. The summed E-state index contributed by atoms with van der Waals surface area (Å²) in [4.78, 5) is 21.3. The first-order chi connectivity index (χ1) is 6.31. The lowest BCUT2D eigenvalue weighted by Gasteiger charge is -2.23. The number of hydrogen-bond donors (Lipinski definition) is 0. The standard InChI is InChI=1S/C9H18NO4/c1-8(11)14-7-9(12)13-6-5-10(2,3)4/h5-7H2,1-4H3/q+1. The Labute approximate surface area is 84.2 Å². The molecule has 0 aromatic carbocycles. The van der Waals surface area contributed by atoms with Crippen molar-refractivity contribution in [3.63, 3.8) is 0 Å². The molecule has 0 bridgehead atoms. The Morgan fingerprint density at radius 1 is 1.14 bits per heavy atom. The zero-order valence-corrected chi connectivity index (χ0v) is 9.20. The van der Waals surface area contributed by atoms with Gasteiger partial charge in [0.25, 0.3) is 0 Å². The number of nitrogens with zero attached hydrogens (tertiary/aromatic N) is 1. The lowest BCUT2D eigenvalue weighted by Crippen LogP contribution is -2.38. The fraction of sp³-hybridized carbons (Fsp3) is 0.778. The largest absolute Gasteiger partial charge is 0.457 e. The normalized spacial score (nSPS) is 10.9. The van der Waals surface area contributed by atoms with E-state index in [1.54, 1.807) is 0 Å². The van der Waals surface area contributed by atoms with Gasteiger partial charge in [-0.05, 0) is 0 Å². The van der Waals surface area contributed by atoms with E-state index in [0.717, 1.165) is 11.0 Å². The summed E-state index contributed by atoms with van der Waals surface area (Å²) in [5.41, 5.74) is 0. The van der Waals surface area contributed by atoms with E-state index in [1.807, 2.05) is 21.1 Å². The van der Waals surface area contributed by atoms with Crippen LogP contribution in [0.3, 0.4) is 0 Å². The van der Waals surface area contributed by atoms with Crippen molar-refractivity contribution in [2.75, 3.05) is 40.9 Å². The molecule has 82 valence electrons. The Morgan fingerprint density at radius 2 is 1.71 bits per heavy atom. The summed E-state index contributed by atoms with van der Waals surface area (Å²) < 4.78 is 10.0. The zero-order chi connectivity index (χ0) is 11.2. The molecule has 5 nitrogen and oxygen atoms in total. The van der Waals surface area contributed by atoms with Crippen molar-refractivity contribution in [2.24, 2.45) is 0 Å². The Balaban J connectivity index is 3.50. The molecule has 5 heteroatoms. The van der Waals surface area contributed by atoms with Crippen molar-refractivity contribution in [3.8, 4) is 0 Å². The van der Waals surface area contributed by atoms with Crippen molar-refractivity contribution >= 4 is 11.9 Å². The first-order valence-electron chi connectivity index (χ1n) is 4.41. The van der Waals surface area contributed by atoms with Gasteiger partial charge in [-0.1, -0.05) is 0 Å². The second kappa shape index (κ2) is 5.59. The third-order valence-corrected chi connectivity index (χ3v) is 1.42. The van der Waals surface area contributed by atoms with Gasteiger partial charge in [0.15, 0.2) is 6.61 Å². The van der Waals surface area contributed by atoms with Crippen LogP contribution in [0.4, 0.5) is 0 Å². The third-order valence-electron chi connectivity index (χ3n) is 1.42. The molecule has 0 aliphatic carbocycles. The van der Waals surface area contributed by atoms with Crippen LogP contribution in [0.5, 0.6) is 0 Å². The second-order valence-electron chi connectivity index (χ2n) is 4.01. The molecule has 0 fully saturated rings. The Kier molecular flexibility index (Phi) is 5.15. The van der Waals surface area contributed by atoms with Gasteiger partial charge in [0.1, 0.15) is 13.2 Å². The molecule has 0 heterocycles. The predicted molar refractivity (Wildman–Crippen MR) is 50.5 cm³/mol. The molecular weight excluding hydrogens is 186 g/mol. The van der Waals surface area contributed by atoms with Crippen molar-refractivity contribution in [1.29, 1.82) is 0 Å². The van der Waals surface area contributed by atoms with E-state index in [2.05, 4.69) is 4.74 Å². The highest BCUT2D eigenvalue weighted by molar-refractivity contribution is 5.75. The Morgan fingerprint density at radius 3 is 2.14 bits per heavy atom. The second-order valence-corrected chi connectivity index (χ2v) is 4.01. The molecule has 0 aromatic heterocycles. The minimum atomic E-state index is -0.506. The molecule has 0 amide bonds. The SMILES string of the molecule is CC(=O)OCC(=O)OCC[N+](C)(C)C. The van der Waals surface area contributed by atoms with Gasteiger partial charge in [-0.25, -0.2) is 4.79 Å². The van der Waals surface area contributed by atoms with Crippen LogP contribution >= 0.6 is 0 Å². The molecule has 0 radical (unpaired) electrons. The van der Waals surface area contributed by atoms with Gasteiger partial charge >= 0.3 is 11.9 Å². The minimum Gasteiger partial charge on any atom is -0.457 e. The van der Waals surface area contributed by atoms with Gasteiger partial charge in [0.05, 0.1) is 21.1 Å². The smallest absolute Gasteiger partial charge is 0.344 e. The van der Waals surface area contributed by atoms with Gasteiger partial charge in [-0.3, -0.25) is 4.79 Å². The lowest BCUT2D eigenvalue weighted by atomic mass is 10.5. The summed E-state index contributed by atoms with van der Waals surface area (Å²) in [6.07, 6.45) is 0. The zero-order valence-electron chi connectivity index (χ0n) is 9.20. The maximum atomic E-state index is 10.9. The summed E-state index contributed by atoms with van der Waals surface area (Å²) in [7, 11) is 6.00. The van der Waals surface area contributed by atoms with E-state index in [9.17, 15) is 9.59 Å². The van der Waals surface area contributed by atoms with E-state index in [4.69, 9.17) is 4.74 Å². The maximum Gasteiger partial charge on any atom is 0.344 e. The molecule has 0 aromatic rings. The summed E-state index contributed by atoms with van der Waals surface area (Å²) in [6, 6.07) is 0. The first-order valence-corrected chi connectivity index (χ1v) is 4.41. The highest BCUT2D eigenvalue weighted by atomic mass is 16.6. The molecule has 0 atom stereocenters.